The van der Waals surface area contributed by atoms with Gasteiger partial charge in [0, 0.05) is 11.6 Å². The van der Waals surface area contributed by atoms with Crippen LogP contribution < -0.4 is 10.5 Å². The lowest BCUT2D eigenvalue weighted by Crippen LogP contribution is -2.00. The number of methoxy groups -OCH3 is 1. The smallest absolute Gasteiger partial charge is 0.223 e. The second kappa shape index (κ2) is 5.69. The number of nitrogens with two attached hydrogens (primary N) is 1. The summed E-state index contributed by atoms with van der Waals surface area (Å²) in [5.41, 5.74) is 10.2. The van der Waals surface area contributed by atoms with Gasteiger partial charge in [-0.2, -0.15) is 4.98 Å². The third-order valence-electron chi connectivity index (χ3n) is 3.17. The zero-order valence-corrected chi connectivity index (χ0v) is 11.6. The Labute approximate surface area is 113 Å². The van der Waals surface area contributed by atoms with Crippen molar-refractivity contribution >= 4 is 5.95 Å². The van der Waals surface area contributed by atoms with Crippen molar-refractivity contribution in [1.29, 1.82) is 0 Å². The highest BCUT2D eigenvalue weighted by atomic mass is 16.5. The highest BCUT2D eigenvalue weighted by Crippen LogP contribution is 2.27. The first-order valence-corrected chi connectivity index (χ1v) is 6.48. The molecule has 1 aromatic heterocycles. The number of rotatable bonds is 4. The molecule has 0 amide bonds. The predicted molar refractivity (Wildman–Crippen MR) is 77.2 cm³/mol. The van der Waals surface area contributed by atoms with E-state index in [2.05, 4.69) is 42.0 Å². The Kier molecular flexibility index (Phi) is 4.00. The normalized spacial score (nSPS) is 10.5. The summed E-state index contributed by atoms with van der Waals surface area (Å²) < 4.78 is 5.16. The fourth-order valence-electron chi connectivity index (χ4n) is 2.08. The molecule has 0 aliphatic heterocycles. The first kappa shape index (κ1) is 13.3. The minimum absolute atomic E-state index is 0.235. The minimum atomic E-state index is 0.235. The Morgan fingerprint density at radius 1 is 1.11 bits per heavy atom. The lowest BCUT2D eigenvalue weighted by molar-refractivity contribution is 0.398. The maximum Gasteiger partial charge on any atom is 0.223 e. The first-order valence-electron chi connectivity index (χ1n) is 6.48. The number of ether oxygens (including phenoxy) is 1. The molecular weight excluding hydrogens is 238 g/mol. The van der Waals surface area contributed by atoms with Gasteiger partial charge in [0.1, 0.15) is 0 Å². The lowest BCUT2D eigenvalue weighted by Gasteiger charge is -2.11. The highest BCUT2D eigenvalue weighted by molar-refractivity contribution is 5.66. The van der Waals surface area contributed by atoms with Crippen LogP contribution in [-0.2, 0) is 12.8 Å². The van der Waals surface area contributed by atoms with Crippen LogP contribution in [0.25, 0.3) is 11.3 Å². The molecule has 0 aliphatic rings. The maximum atomic E-state index is 5.73. The summed E-state index contributed by atoms with van der Waals surface area (Å²) in [5, 5.41) is 0. The molecule has 0 atom stereocenters. The standard InChI is InChI=1S/C15H19N3O/c1-4-10-6-7-11(5-2)12(8-10)13-9-14(19-3)18-15(16)17-13/h6-9H,4-5H2,1-3H3,(H2,16,17,18). The molecule has 100 valence electrons. The molecule has 0 saturated carbocycles. The number of hydrogen-bond donors (Lipinski definition) is 1. The number of nitrogens with zero attached hydrogens (tertiary/aromatic N) is 2. The van der Waals surface area contributed by atoms with Crippen LogP contribution >= 0.6 is 0 Å². The summed E-state index contributed by atoms with van der Waals surface area (Å²) in [6, 6.07) is 8.30. The molecule has 0 spiro atoms. The number of benzene rings is 1. The van der Waals surface area contributed by atoms with Crippen LogP contribution in [0, 0.1) is 0 Å². The number of aryl methyl sites for hydroxylation is 2. The van der Waals surface area contributed by atoms with Gasteiger partial charge in [-0.25, -0.2) is 4.98 Å². The van der Waals surface area contributed by atoms with E-state index in [1.807, 2.05) is 6.07 Å². The van der Waals surface area contributed by atoms with Gasteiger partial charge in [0.05, 0.1) is 12.8 Å². The molecule has 0 bridgehead atoms. The van der Waals surface area contributed by atoms with E-state index in [1.165, 1.54) is 11.1 Å². The van der Waals surface area contributed by atoms with Gasteiger partial charge < -0.3 is 10.5 Å². The molecule has 2 N–H and O–H groups in total. The fraction of sp³-hybridized carbons (Fsp3) is 0.333. The van der Waals surface area contributed by atoms with Gasteiger partial charge in [0.2, 0.25) is 11.8 Å². The van der Waals surface area contributed by atoms with Crippen molar-refractivity contribution < 1.29 is 4.74 Å². The number of nitrogen functional groups attached to an aromatic ring is 1. The molecular formula is C15H19N3O. The van der Waals surface area contributed by atoms with E-state index < -0.39 is 0 Å². The van der Waals surface area contributed by atoms with E-state index in [1.54, 1.807) is 7.11 Å². The lowest BCUT2D eigenvalue weighted by atomic mass is 9.98. The van der Waals surface area contributed by atoms with Crippen LogP contribution in [0.1, 0.15) is 25.0 Å². The SMILES string of the molecule is CCc1ccc(CC)c(-c2cc(OC)nc(N)n2)c1. The Bertz CT molecular complexity index is 582. The molecule has 0 fully saturated rings. The fourth-order valence-corrected chi connectivity index (χ4v) is 2.08. The van der Waals surface area contributed by atoms with Crippen molar-refractivity contribution in [3.63, 3.8) is 0 Å². The molecule has 4 nitrogen and oxygen atoms in total. The molecule has 2 aromatic rings. The van der Waals surface area contributed by atoms with Crippen LogP contribution in [0.4, 0.5) is 5.95 Å². The second-order valence-corrected chi connectivity index (χ2v) is 4.35. The van der Waals surface area contributed by atoms with Crippen molar-refractivity contribution in [3.05, 3.63) is 35.4 Å². The maximum absolute atomic E-state index is 5.73. The average molecular weight is 257 g/mol. The van der Waals surface area contributed by atoms with Crippen LogP contribution in [0.3, 0.4) is 0 Å². The Morgan fingerprint density at radius 3 is 2.53 bits per heavy atom. The zero-order chi connectivity index (χ0) is 13.8. The topological polar surface area (TPSA) is 61.0 Å². The molecule has 2 rings (SSSR count). The summed E-state index contributed by atoms with van der Waals surface area (Å²) in [6.07, 6.45) is 1.94. The van der Waals surface area contributed by atoms with E-state index in [4.69, 9.17) is 10.5 Å². The van der Waals surface area contributed by atoms with Crippen LogP contribution in [-0.4, -0.2) is 17.1 Å². The number of aromatic nitrogens is 2. The van der Waals surface area contributed by atoms with Crippen molar-refractivity contribution in [2.24, 2.45) is 0 Å². The van der Waals surface area contributed by atoms with Gasteiger partial charge in [-0.15, -0.1) is 0 Å². The van der Waals surface area contributed by atoms with Crippen molar-refractivity contribution in [3.8, 4) is 17.1 Å². The number of anilines is 1. The van der Waals surface area contributed by atoms with Gasteiger partial charge in [0.15, 0.2) is 0 Å². The summed E-state index contributed by atoms with van der Waals surface area (Å²) in [6.45, 7) is 4.27. The predicted octanol–water partition coefficient (Wildman–Crippen LogP) is 2.86. The Hall–Kier alpha value is -2.10. The molecule has 0 unspecified atom stereocenters. The molecule has 1 aromatic carbocycles. The van der Waals surface area contributed by atoms with Crippen LogP contribution in [0.5, 0.6) is 5.88 Å². The van der Waals surface area contributed by atoms with E-state index in [-0.39, 0.29) is 5.95 Å². The van der Waals surface area contributed by atoms with Gasteiger partial charge >= 0.3 is 0 Å². The van der Waals surface area contributed by atoms with Crippen molar-refractivity contribution in [1.82, 2.24) is 9.97 Å². The second-order valence-electron chi connectivity index (χ2n) is 4.35. The highest BCUT2D eigenvalue weighted by Gasteiger charge is 2.09. The molecule has 0 radical (unpaired) electrons. The van der Waals surface area contributed by atoms with E-state index in [0.717, 1.165) is 24.1 Å². The van der Waals surface area contributed by atoms with E-state index >= 15 is 0 Å². The first-order chi connectivity index (χ1) is 9.17. The van der Waals surface area contributed by atoms with Crippen molar-refractivity contribution in [2.75, 3.05) is 12.8 Å². The van der Waals surface area contributed by atoms with Crippen LogP contribution in [0.2, 0.25) is 0 Å². The number of hydrogen-bond acceptors (Lipinski definition) is 4. The minimum Gasteiger partial charge on any atom is -0.481 e. The summed E-state index contributed by atoms with van der Waals surface area (Å²) >= 11 is 0. The van der Waals surface area contributed by atoms with Gasteiger partial charge in [0.25, 0.3) is 0 Å². The third-order valence-corrected chi connectivity index (χ3v) is 3.17. The summed E-state index contributed by atoms with van der Waals surface area (Å²) in [4.78, 5) is 8.34. The molecule has 19 heavy (non-hydrogen) atoms. The van der Waals surface area contributed by atoms with Crippen molar-refractivity contribution in [2.45, 2.75) is 26.7 Å². The van der Waals surface area contributed by atoms with E-state index in [9.17, 15) is 0 Å². The van der Waals surface area contributed by atoms with Gasteiger partial charge in [-0.3, -0.25) is 0 Å². The molecule has 0 saturated heterocycles. The largest absolute Gasteiger partial charge is 0.481 e. The summed E-state index contributed by atoms with van der Waals surface area (Å²) in [5.74, 6) is 0.727. The average Bonchev–Trinajstić information content (AvgIpc) is 2.45. The quantitative estimate of drug-likeness (QED) is 0.914. The Balaban J connectivity index is 2.59. The molecule has 4 heteroatoms. The Morgan fingerprint density at radius 2 is 1.89 bits per heavy atom. The molecule has 1 heterocycles. The third kappa shape index (κ3) is 2.84. The van der Waals surface area contributed by atoms with E-state index in [0.29, 0.717) is 5.88 Å². The van der Waals surface area contributed by atoms with Gasteiger partial charge in [-0.1, -0.05) is 26.0 Å². The van der Waals surface area contributed by atoms with Gasteiger partial charge in [-0.05, 0) is 30.0 Å². The molecule has 0 aliphatic carbocycles. The van der Waals surface area contributed by atoms with Crippen LogP contribution in [0.15, 0.2) is 24.3 Å². The monoisotopic (exact) mass is 257 g/mol. The summed E-state index contributed by atoms with van der Waals surface area (Å²) in [7, 11) is 1.58. The zero-order valence-electron chi connectivity index (χ0n) is 11.6.